The zero-order valence-corrected chi connectivity index (χ0v) is 66.5. The minimum atomic E-state index is -1.17. The summed E-state index contributed by atoms with van der Waals surface area (Å²) in [6.45, 7) is 0. The molecule has 30 heteroatoms. The van der Waals surface area contributed by atoms with E-state index in [1.807, 2.05) is 60.7 Å². The van der Waals surface area contributed by atoms with E-state index < -0.39 is 57.9 Å². The smallest absolute Gasteiger partial charge is 0.340 e. The molecular formula is C100H65F5O25. The van der Waals surface area contributed by atoms with Crippen molar-refractivity contribution in [2.45, 2.75) is 28.0 Å². The molecule has 0 atom stereocenters. The van der Waals surface area contributed by atoms with Crippen molar-refractivity contribution < 1.29 is 146 Å². The van der Waals surface area contributed by atoms with E-state index in [2.05, 4.69) is 0 Å². The van der Waals surface area contributed by atoms with Crippen molar-refractivity contribution >= 4 is 29.8 Å². The van der Waals surface area contributed by atoms with Crippen molar-refractivity contribution in [1.29, 1.82) is 0 Å². The molecule has 25 rings (SSSR count). The number of carbonyl (C=O) groups excluding carboxylic acids is 5. The largest absolute Gasteiger partial charge is 0.508 e. The number of rotatable bonds is 0. The number of phenolic OH excluding ortho intramolecular Hbond substituents is 10. The first-order chi connectivity index (χ1) is 60.5. The fraction of sp³-hybridized carbons (Fsp3) is 0.0500. The summed E-state index contributed by atoms with van der Waals surface area (Å²) in [7, 11) is 0. The molecule has 25 nitrogen and oxygen atoms in total. The summed E-state index contributed by atoms with van der Waals surface area (Å²) in [6, 6.07) is 82.9. The Morgan fingerprint density at radius 1 is 0.154 bits per heavy atom. The van der Waals surface area contributed by atoms with Crippen LogP contribution in [0.5, 0.6) is 115 Å². The zero-order chi connectivity index (χ0) is 85.9. The maximum Gasteiger partial charge on any atom is 0.340 e. The van der Waals surface area contributed by atoms with E-state index in [1.54, 1.807) is 121 Å². The predicted molar refractivity (Wildman–Crippen MR) is 453 cm³/mol. The van der Waals surface area contributed by atoms with Crippen molar-refractivity contribution in [3.05, 3.63) is 415 Å². The van der Waals surface area contributed by atoms with Gasteiger partial charge in [-0.15, -0.1) is 0 Å². The quantitative estimate of drug-likeness (QED) is 0.0383. The summed E-state index contributed by atoms with van der Waals surface area (Å²) in [5.41, 5.74) is 6.42. The van der Waals surface area contributed by atoms with Gasteiger partial charge in [-0.3, -0.25) is 23.5 Å². The molecular weight excluding hydrogens is 1700 g/mol. The van der Waals surface area contributed by atoms with Crippen LogP contribution in [0.4, 0.5) is 23.5 Å². The normalized spacial score (nSPS) is 15.2. The predicted octanol–water partition coefficient (Wildman–Crippen LogP) is 19.1. The highest BCUT2D eigenvalue weighted by atomic mass is 19.0. The van der Waals surface area contributed by atoms with E-state index in [-0.39, 0.29) is 81.0 Å². The third-order valence-electron chi connectivity index (χ3n) is 23.4. The maximum atomic E-state index is 12.5. The number of fused-ring (bicyclic) bond motifs is 30. The van der Waals surface area contributed by atoms with Crippen LogP contribution in [0.25, 0.3) is 0 Å². The van der Waals surface area contributed by atoms with E-state index >= 15 is 0 Å². The molecule has 5 spiro atoms. The Hall–Kier alpha value is -17.7. The Balaban J connectivity index is 0.000000118. The molecule has 0 bridgehead atoms. The Morgan fingerprint density at radius 3 is 0.392 bits per heavy atom. The van der Waals surface area contributed by atoms with Gasteiger partial charge in [-0.2, -0.15) is 0 Å². The van der Waals surface area contributed by atoms with Gasteiger partial charge in [0.2, 0.25) is 0 Å². The monoisotopic (exact) mass is 1760 g/mol. The molecule has 130 heavy (non-hydrogen) atoms. The van der Waals surface area contributed by atoms with Gasteiger partial charge in [0.05, 0.1) is 27.8 Å². The van der Waals surface area contributed by atoms with Gasteiger partial charge in [-0.25, -0.2) is 24.0 Å². The fourth-order valence-corrected chi connectivity index (χ4v) is 18.3. The number of benzene rings is 15. The minimum Gasteiger partial charge on any atom is -0.508 e. The van der Waals surface area contributed by atoms with Gasteiger partial charge in [0.25, 0.3) is 0 Å². The highest BCUT2D eigenvalue weighted by molar-refractivity contribution is 6.01. The van der Waals surface area contributed by atoms with Crippen LogP contribution >= 0.6 is 0 Å². The highest BCUT2D eigenvalue weighted by Gasteiger charge is 2.59. The van der Waals surface area contributed by atoms with Crippen LogP contribution < -0.4 is 23.7 Å². The number of ether oxygens (including phenoxy) is 10. The van der Waals surface area contributed by atoms with Crippen LogP contribution in [0.3, 0.4) is 0 Å². The SMILES string of the molecule is F.F.F.F.F.O=C1OC2(c3ccc(O)cc3Oc3cc(O)ccc32)c2ccccc21.O=C1OC2(c3ccc(O)cc3Oc3cc(O)ccc32)c2ccccc21.O=C1OC2(c3ccc(O)cc3Oc3cc(O)ccc32)c2ccccc21.O=C1OC2(c3ccc(O)cc3Oc3cc(O)ccc32)c2ccccc21.O=C1OC2(c3ccc(O)cc3Oc3cc(O)ccc32)c2ccccc21. The number of halogens is 5. The van der Waals surface area contributed by atoms with E-state index in [4.69, 9.17) is 47.4 Å². The lowest BCUT2D eigenvalue weighted by molar-refractivity contribution is 0.0214. The van der Waals surface area contributed by atoms with Gasteiger partial charge in [0, 0.05) is 144 Å². The average Bonchev–Trinajstić information content (AvgIpc) is 1.53. The summed E-state index contributed by atoms with van der Waals surface area (Å²) < 4.78 is 58.9. The molecule has 0 saturated heterocycles. The molecule has 15 aromatic rings. The molecule has 15 aromatic carbocycles. The van der Waals surface area contributed by atoms with E-state index in [1.165, 1.54) is 121 Å². The Bertz CT molecular complexity index is 6030. The van der Waals surface area contributed by atoms with Gasteiger partial charge in [0.1, 0.15) is 115 Å². The van der Waals surface area contributed by atoms with Gasteiger partial charge in [0.15, 0.2) is 28.0 Å². The first kappa shape index (κ1) is 85.8. The number of phenols is 10. The van der Waals surface area contributed by atoms with E-state index in [0.717, 1.165) is 0 Å². The van der Waals surface area contributed by atoms with Crippen molar-refractivity contribution in [3.63, 3.8) is 0 Å². The second-order valence-electron chi connectivity index (χ2n) is 30.4. The van der Waals surface area contributed by atoms with Crippen LogP contribution in [-0.4, -0.2) is 80.9 Å². The lowest BCUT2D eigenvalue weighted by atomic mass is 9.77. The average molecular weight is 1760 g/mol. The summed E-state index contributed by atoms with van der Waals surface area (Å²) in [4.78, 5) is 62.7. The standard InChI is InChI=1S/5C20H12O5.5FH/c5*21-11-5-7-15-17(9-11)24-18-10-12(22)6-8-16(18)20(15)14-4-2-1-3-13(14)19(23)25-20;;;;;/h5*1-10,21-22H;5*1H. The van der Waals surface area contributed by atoms with Crippen LogP contribution in [-0.2, 0) is 51.7 Å². The van der Waals surface area contributed by atoms with Crippen molar-refractivity contribution in [2.24, 2.45) is 0 Å². The second-order valence-corrected chi connectivity index (χ2v) is 30.4. The molecule has 0 radical (unpaired) electrons. The van der Waals surface area contributed by atoms with Crippen molar-refractivity contribution in [2.75, 3.05) is 0 Å². The van der Waals surface area contributed by atoms with E-state index in [9.17, 15) is 75.0 Å². The summed E-state index contributed by atoms with van der Waals surface area (Å²) >= 11 is 0. The van der Waals surface area contributed by atoms with Crippen LogP contribution in [0.15, 0.2) is 303 Å². The number of hydrogen-bond donors (Lipinski definition) is 10. The van der Waals surface area contributed by atoms with Crippen LogP contribution in [0.2, 0.25) is 0 Å². The molecule has 0 aromatic heterocycles. The molecule has 0 saturated carbocycles. The van der Waals surface area contributed by atoms with Crippen LogP contribution in [0, 0.1) is 0 Å². The first-order valence-electron chi connectivity index (χ1n) is 38.9. The molecule has 0 aliphatic carbocycles. The fourth-order valence-electron chi connectivity index (χ4n) is 18.3. The molecule has 10 N–H and O–H groups in total. The topological polar surface area (TPSA) is 380 Å². The van der Waals surface area contributed by atoms with Gasteiger partial charge < -0.3 is 98.4 Å². The molecule has 10 aliphatic rings. The Kier molecular flexibility index (Phi) is 20.8. The number of hydrogen-bond acceptors (Lipinski definition) is 25. The van der Waals surface area contributed by atoms with Gasteiger partial charge in [-0.05, 0) is 152 Å². The summed E-state index contributed by atoms with van der Waals surface area (Å²) in [5.74, 6) is 2.04. The van der Waals surface area contributed by atoms with Gasteiger partial charge in [-0.1, -0.05) is 91.0 Å². The molecule has 0 amide bonds. The maximum absolute atomic E-state index is 12.5. The number of carbonyl (C=O) groups is 5. The molecule has 0 unspecified atom stereocenters. The summed E-state index contributed by atoms with van der Waals surface area (Å²) in [6.07, 6.45) is 0. The first-order valence-corrected chi connectivity index (χ1v) is 38.9. The van der Waals surface area contributed by atoms with Gasteiger partial charge >= 0.3 is 29.8 Å². The van der Waals surface area contributed by atoms with E-state index in [0.29, 0.717) is 169 Å². The van der Waals surface area contributed by atoms with Crippen molar-refractivity contribution in [1.82, 2.24) is 0 Å². The lowest BCUT2D eigenvalue weighted by Gasteiger charge is -2.36. The zero-order valence-electron chi connectivity index (χ0n) is 66.5. The number of aromatic hydroxyl groups is 10. The Labute approximate surface area is 729 Å². The summed E-state index contributed by atoms with van der Waals surface area (Å²) in [5, 5.41) is 98.3. The van der Waals surface area contributed by atoms with Crippen molar-refractivity contribution in [3.8, 4) is 115 Å². The highest BCUT2D eigenvalue weighted by Crippen LogP contribution is 2.64. The molecule has 10 heterocycles. The lowest BCUT2D eigenvalue weighted by Crippen LogP contribution is -2.32. The third kappa shape index (κ3) is 12.7. The molecule has 10 aliphatic heterocycles. The third-order valence-corrected chi connectivity index (χ3v) is 23.4. The second kappa shape index (κ2) is 31.5. The molecule has 0 fully saturated rings. The minimum absolute atomic E-state index is 0. The van der Waals surface area contributed by atoms with Crippen LogP contribution in [0.1, 0.15) is 135 Å². The molecule has 650 valence electrons. The number of esters is 5. The Morgan fingerprint density at radius 2 is 0.269 bits per heavy atom.